The predicted molar refractivity (Wildman–Crippen MR) is 177 cm³/mol. The van der Waals surface area contributed by atoms with Crippen LogP contribution in [0.25, 0.3) is 37.0 Å². The molecular formula is C33H32F5N7O3S. The summed E-state index contributed by atoms with van der Waals surface area (Å²) in [7, 11) is 5.02. The van der Waals surface area contributed by atoms with E-state index in [0.717, 1.165) is 29.5 Å². The van der Waals surface area contributed by atoms with E-state index in [1.54, 1.807) is 7.11 Å². The molecule has 0 aliphatic carbocycles. The van der Waals surface area contributed by atoms with Crippen LogP contribution in [0, 0.1) is 12.4 Å². The molecule has 16 heteroatoms. The van der Waals surface area contributed by atoms with Crippen molar-refractivity contribution in [2.24, 2.45) is 0 Å². The number of fused-ring (bicyclic) bond motifs is 2. The molecule has 6 rings (SSSR count). The predicted octanol–water partition coefficient (Wildman–Crippen LogP) is 6.07. The van der Waals surface area contributed by atoms with Crippen LogP contribution in [0.4, 0.5) is 38.5 Å². The van der Waals surface area contributed by atoms with Gasteiger partial charge in [0.2, 0.25) is 11.6 Å². The molecule has 1 amide bonds. The number of alkyl halides is 4. The van der Waals surface area contributed by atoms with E-state index in [1.807, 2.05) is 7.05 Å². The molecule has 2 aliphatic rings. The normalized spacial score (nSPS) is 21.4. The number of likely N-dealkylation sites (N-methyl/N-ethyl adjacent to an activating group) is 2. The fraction of sp³-hybridized carbons (Fsp3) is 0.394. The molecule has 49 heavy (non-hydrogen) atoms. The van der Waals surface area contributed by atoms with Gasteiger partial charge in [-0.1, -0.05) is 12.6 Å². The van der Waals surface area contributed by atoms with Gasteiger partial charge in [0.25, 0.3) is 0 Å². The van der Waals surface area contributed by atoms with Crippen LogP contribution >= 0.6 is 11.3 Å². The zero-order valence-electron chi connectivity index (χ0n) is 26.7. The van der Waals surface area contributed by atoms with Gasteiger partial charge in [0, 0.05) is 44.1 Å². The number of nitrogens with zero attached hydrogens (tertiary/aromatic N) is 6. The number of methoxy groups -OCH3 is 1. The van der Waals surface area contributed by atoms with Crippen molar-refractivity contribution in [3.05, 3.63) is 59.7 Å². The molecule has 258 valence electrons. The van der Waals surface area contributed by atoms with Crippen LogP contribution < -0.4 is 15.4 Å². The van der Waals surface area contributed by atoms with Gasteiger partial charge in [-0.15, -0.1) is 11.3 Å². The molecule has 2 saturated heterocycles. The molecule has 4 atom stereocenters. The van der Waals surface area contributed by atoms with Crippen molar-refractivity contribution in [1.82, 2.24) is 19.8 Å². The maximum atomic E-state index is 15.4. The number of halogens is 5. The van der Waals surface area contributed by atoms with Crippen LogP contribution in [-0.4, -0.2) is 97.5 Å². The highest BCUT2D eigenvalue weighted by atomic mass is 32.1. The third-order valence-electron chi connectivity index (χ3n) is 9.22. The van der Waals surface area contributed by atoms with E-state index < -0.39 is 35.7 Å². The molecule has 0 saturated carbocycles. The number of thiophene rings is 1. The summed E-state index contributed by atoms with van der Waals surface area (Å²) >= 11 is 0.776. The van der Waals surface area contributed by atoms with Gasteiger partial charge in [-0.2, -0.15) is 23.1 Å². The Labute approximate surface area is 282 Å². The average Bonchev–Trinajstić information content (AvgIpc) is 3.75. The topological polar surface area (TPSA) is 101 Å². The molecule has 10 nitrogen and oxygen atoms in total. The number of aromatic nitrogens is 2. The molecule has 4 heterocycles. The lowest BCUT2D eigenvalue weighted by Crippen LogP contribution is -2.40. The molecule has 0 spiro atoms. The number of likely N-dealkylation sites (tertiary alicyclic amines) is 2. The number of nitrogen functional groups attached to an aromatic ring is 1. The van der Waals surface area contributed by atoms with Crippen LogP contribution in [0.1, 0.15) is 12.0 Å². The smallest absolute Gasteiger partial charge is 0.417 e. The summed E-state index contributed by atoms with van der Waals surface area (Å²) in [6.45, 7) is 11.6. The molecule has 0 bridgehead atoms. The molecule has 0 radical (unpaired) electrons. The lowest BCUT2D eigenvalue weighted by Gasteiger charge is -2.28. The van der Waals surface area contributed by atoms with Crippen LogP contribution in [0.15, 0.2) is 36.9 Å². The average molecular weight is 702 g/mol. The first-order chi connectivity index (χ1) is 23.2. The van der Waals surface area contributed by atoms with Crippen LogP contribution in [0.2, 0.25) is 0 Å². The summed E-state index contributed by atoms with van der Waals surface area (Å²) in [5.74, 6) is -1.25. The number of rotatable bonds is 8. The van der Waals surface area contributed by atoms with E-state index in [-0.39, 0.29) is 86.5 Å². The third-order valence-corrected chi connectivity index (χ3v) is 10.2. The monoisotopic (exact) mass is 701 g/mol. The van der Waals surface area contributed by atoms with Crippen molar-refractivity contribution in [1.29, 1.82) is 0 Å². The third kappa shape index (κ3) is 6.22. The Morgan fingerprint density at radius 2 is 2.00 bits per heavy atom. The Hall–Kier alpha value is -4.59. The Bertz CT molecular complexity index is 2000. The number of carbonyl (C=O) groups is 1. The maximum absolute atomic E-state index is 15.4. The highest BCUT2D eigenvalue weighted by Gasteiger charge is 2.40. The van der Waals surface area contributed by atoms with Gasteiger partial charge in [0.15, 0.2) is 0 Å². The Kier molecular flexibility index (Phi) is 9.12. The first kappa shape index (κ1) is 34.3. The highest BCUT2D eigenvalue weighted by Crippen LogP contribution is 2.49. The van der Waals surface area contributed by atoms with Crippen LogP contribution in [-0.2, 0) is 15.7 Å². The Morgan fingerprint density at radius 3 is 2.65 bits per heavy atom. The van der Waals surface area contributed by atoms with Gasteiger partial charge in [-0.3, -0.25) is 9.69 Å². The standard InChI is InChI=1S/C33H32F5N7O3S/c1-6-26(46)45-13-23(35)25(14-45)44(4)31-20-10-21(33(36,37)38)19(18-7-8-22(34)29-27(18)28(40-2)30(39)49-29)11-24(20)41-32(42-31)48-15-16-9-17(47-5)12-43(16)3/h6-8,10-11,16-17,23,25H,1,9,12-15,39H2,3-5H3/t16-,17+,23+,25-/m0/s1. The number of benzene rings is 2. The molecule has 2 aromatic carbocycles. The molecule has 4 aromatic rings. The minimum absolute atomic E-state index is 0.00901. The lowest BCUT2D eigenvalue weighted by atomic mass is 9.94. The van der Waals surface area contributed by atoms with E-state index >= 15 is 4.39 Å². The van der Waals surface area contributed by atoms with Crippen molar-refractivity contribution < 1.29 is 36.2 Å². The molecule has 2 aliphatic heterocycles. The van der Waals surface area contributed by atoms with Crippen molar-refractivity contribution in [2.45, 2.75) is 37.0 Å². The number of carbonyl (C=O) groups excluding carboxylic acids is 1. The second-order valence-electron chi connectivity index (χ2n) is 12.1. The van der Waals surface area contributed by atoms with Gasteiger partial charge in [0.05, 0.1) is 46.0 Å². The molecule has 0 unspecified atom stereocenters. The molecule has 2 aromatic heterocycles. The largest absolute Gasteiger partial charge is 0.462 e. The van der Waals surface area contributed by atoms with Crippen LogP contribution in [0.5, 0.6) is 6.01 Å². The number of amides is 1. The fourth-order valence-corrected chi connectivity index (χ4v) is 7.52. The van der Waals surface area contributed by atoms with Crippen molar-refractivity contribution in [3.63, 3.8) is 0 Å². The summed E-state index contributed by atoms with van der Waals surface area (Å²) < 4.78 is 86.5. The fourth-order valence-electron chi connectivity index (χ4n) is 6.58. The SMILES string of the molecule is [C-]#[N+]c1c(N)sc2c(F)ccc(-c3cc4nc(OC[C@@H]5C[C@@H](OC)CN5C)nc(N(C)[C@H]5CN(C(=O)C=C)C[C@H]5F)c4cc3C(F)(F)F)c12. The van der Waals surface area contributed by atoms with Gasteiger partial charge in [-0.25, -0.2) is 13.6 Å². The van der Waals surface area contributed by atoms with Gasteiger partial charge in [-0.05, 0) is 48.9 Å². The van der Waals surface area contributed by atoms with E-state index in [4.69, 9.17) is 21.8 Å². The summed E-state index contributed by atoms with van der Waals surface area (Å²) in [6.07, 6.45) is -4.75. The zero-order valence-corrected chi connectivity index (χ0v) is 27.5. The minimum atomic E-state index is -4.93. The van der Waals surface area contributed by atoms with Crippen molar-refractivity contribution in [2.75, 3.05) is 58.1 Å². The van der Waals surface area contributed by atoms with E-state index in [2.05, 4.69) is 26.3 Å². The number of ether oxygens (including phenoxy) is 2. The zero-order chi connectivity index (χ0) is 35.4. The number of hydrogen-bond acceptors (Lipinski definition) is 9. The number of anilines is 2. The molecule has 2 fully saturated rings. The van der Waals surface area contributed by atoms with Crippen molar-refractivity contribution >= 4 is 54.7 Å². The van der Waals surface area contributed by atoms with Crippen LogP contribution in [0.3, 0.4) is 0 Å². The maximum Gasteiger partial charge on any atom is 0.417 e. The van der Waals surface area contributed by atoms with Crippen molar-refractivity contribution in [3.8, 4) is 17.1 Å². The summed E-state index contributed by atoms with van der Waals surface area (Å²) in [5, 5.41) is -0.125. The van der Waals surface area contributed by atoms with E-state index in [9.17, 15) is 22.4 Å². The summed E-state index contributed by atoms with van der Waals surface area (Å²) in [4.78, 5) is 29.4. The summed E-state index contributed by atoms with van der Waals surface area (Å²) in [6, 6.07) is 3.08. The van der Waals surface area contributed by atoms with Gasteiger partial charge < -0.3 is 25.0 Å². The Balaban J connectivity index is 1.54. The first-order valence-electron chi connectivity index (χ1n) is 15.2. The van der Waals surface area contributed by atoms with Gasteiger partial charge in [0.1, 0.15) is 24.4 Å². The molecule has 2 N–H and O–H groups in total. The number of nitrogens with two attached hydrogens (primary N) is 1. The lowest BCUT2D eigenvalue weighted by molar-refractivity contribution is -0.137. The second-order valence-corrected chi connectivity index (χ2v) is 13.2. The van der Waals surface area contributed by atoms with E-state index in [0.29, 0.717) is 13.0 Å². The Morgan fingerprint density at radius 1 is 1.24 bits per heavy atom. The minimum Gasteiger partial charge on any atom is -0.462 e. The number of hydrogen-bond donors (Lipinski definition) is 1. The first-order valence-corrected chi connectivity index (χ1v) is 16.0. The van der Waals surface area contributed by atoms with E-state index in [1.165, 1.54) is 29.0 Å². The second kappa shape index (κ2) is 13.0. The highest BCUT2D eigenvalue weighted by molar-refractivity contribution is 7.23. The molecular weight excluding hydrogens is 669 g/mol. The quantitative estimate of drug-likeness (QED) is 0.134. The van der Waals surface area contributed by atoms with Gasteiger partial charge >= 0.3 is 12.2 Å². The summed E-state index contributed by atoms with van der Waals surface area (Å²) in [5.41, 5.74) is 4.34.